The summed E-state index contributed by atoms with van der Waals surface area (Å²) in [5.41, 5.74) is 11.0. The third-order valence-electron chi connectivity index (χ3n) is 5.82. The van der Waals surface area contributed by atoms with E-state index in [-0.39, 0.29) is 33.9 Å². The number of hydrogen-bond acceptors (Lipinski definition) is 12. The topological polar surface area (TPSA) is 197 Å². The van der Waals surface area contributed by atoms with E-state index >= 15 is 0 Å². The minimum absolute atomic E-state index is 0.0126. The summed E-state index contributed by atoms with van der Waals surface area (Å²) in [6.07, 6.45) is 0. The maximum absolute atomic E-state index is 12.9. The number of amides is 2. The number of amidine groups is 1. The molecule has 2 amide bonds. The first-order chi connectivity index (χ1) is 18.4. The Morgan fingerprint density at radius 3 is 2.72 bits per heavy atom. The number of nitrogens with two attached hydrogens (primary N) is 3. The van der Waals surface area contributed by atoms with Gasteiger partial charge in [-0.05, 0) is 25.1 Å². The number of aliphatic carboxylic acids is 1. The zero-order chi connectivity index (χ0) is 28.6. The monoisotopic (exact) mass is 651 g/mol. The first kappa shape index (κ1) is 29.9. The van der Waals surface area contributed by atoms with Gasteiger partial charge in [0.25, 0.3) is 5.91 Å². The molecule has 18 heteroatoms. The predicted octanol–water partition coefficient (Wildman–Crippen LogP) is 1.24. The molecule has 0 saturated carbocycles. The van der Waals surface area contributed by atoms with Crippen LogP contribution in [0.1, 0.15) is 6.92 Å². The number of nitrogens with one attached hydrogen (secondary N) is 1. The van der Waals surface area contributed by atoms with Gasteiger partial charge >= 0.3 is 5.97 Å². The highest BCUT2D eigenvalue weighted by Crippen LogP contribution is 2.43. The zero-order valence-electron chi connectivity index (χ0n) is 20.1. The van der Waals surface area contributed by atoms with Crippen molar-refractivity contribution in [2.24, 2.45) is 22.3 Å². The molecule has 210 valence electrons. The lowest BCUT2D eigenvalue weighted by atomic mass is 10.1. The highest BCUT2D eigenvalue weighted by molar-refractivity contribution is 8.14. The Bertz CT molecular complexity index is 1360. The summed E-state index contributed by atoms with van der Waals surface area (Å²) in [4.78, 5) is 43.8. The SMILES string of the molecule is CC1=C(N)N(N)C(S(=O)CSC2=C(C(=O)O)N3C(=O)[C@@H](NC(=O)CSc4cc(Cl)ccc4Cl)[C@H]3SC2)N=C1N. The number of hydrogen-bond donors (Lipinski definition) is 5. The molecule has 0 bridgehead atoms. The third-order valence-corrected chi connectivity index (χ3v) is 11.9. The van der Waals surface area contributed by atoms with Crippen LogP contribution in [0.4, 0.5) is 0 Å². The summed E-state index contributed by atoms with van der Waals surface area (Å²) >= 11 is 15.6. The fourth-order valence-corrected chi connectivity index (χ4v) is 9.22. The lowest BCUT2D eigenvalue weighted by Gasteiger charge is -2.49. The minimum atomic E-state index is -1.70. The Hall–Kier alpha value is -2.08. The van der Waals surface area contributed by atoms with Crippen LogP contribution in [0.2, 0.25) is 10.0 Å². The van der Waals surface area contributed by atoms with Crippen molar-refractivity contribution in [2.75, 3.05) is 16.6 Å². The zero-order valence-corrected chi connectivity index (χ0v) is 24.9. The fourth-order valence-electron chi connectivity index (χ4n) is 3.75. The summed E-state index contributed by atoms with van der Waals surface area (Å²) in [5.74, 6) is 4.15. The number of benzene rings is 1. The molecule has 4 atom stereocenters. The number of thioether (sulfide) groups is 3. The van der Waals surface area contributed by atoms with Gasteiger partial charge in [-0.15, -0.1) is 35.3 Å². The highest BCUT2D eigenvalue weighted by Gasteiger charge is 2.54. The van der Waals surface area contributed by atoms with E-state index in [4.69, 9.17) is 40.5 Å². The van der Waals surface area contributed by atoms with E-state index in [2.05, 4.69) is 10.3 Å². The smallest absolute Gasteiger partial charge is 0.353 e. The van der Waals surface area contributed by atoms with E-state index in [1.54, 1.807) is 25.1 Å². The quantitative estimate of drug-likeness (QED) is 0.146. The van der Waals surface area contributed by atoms with Crippen molar-refractivity contribution in [3.63, 3.8) is 0 Å². The Balaban J connectivity index is 1.38. The van der Waals surface area contributed by atoms with Gasteiger partial charge in [-0.1, -0.05) is 23.2 Å². The summed E-state index contributed by atoms with van der Waals surface area (Å²) in [7, 11) is -1.70. The van der Waals surface area contributed by atoms with E-state index < -0.39 is 45.5 Å². The maximum atomic E-state index is 12.9. The summed E-state index contributed by atoms with van der Waals surface area (Å²) in [6.45, 7) is 1.63. The lowest BCUT2D eigenvalue weighted by Crippen LogP contribution is -2.70. The molecule has 2 unspecified atom stereocenters. The first-order valence-corrected chi connectivity index (χ1v) is 16.2. The van der Waals surface area contributed by atoms with Gasteiger partial charge in [0.05, 0.1) is 26.7 Å². The van der Waals surface area contributed by atoms with E-state index in [9.17, 15) is 23.7 Å². The van der Waals surface area contributed by atoms with Crippen molar-refractivity contribution in [1.82, 2.24) is 15.2 Å². The Morgan fingerprint density at radius 1 is 1.31 bits per heavy atom. The van der Waals surface area contributed by atoms with Crippen LogP contribution in [0.25, 0.3) is 0 Å². The second-order valence-corrected chi connectivity index (χ2v) is 14.2. The van der Waals surface area contributed by atoms with Gasteiger partial charge in [0.2, 0.25) is 11.4 Å². The molecule has 39 heavy (non-hydrogen) atoms. The molecule has 3 heterocycles. The van der Waals surface area contributed by atoms with Crippen molar-refractivity contribution >= 4 is 92.9 Å². The van der Waals surface area contributed by atoms with Crippen LogP contribution in [-0.2, 0) is 25.2 Å². The lowest BCUT2D eigenvalue weighted by molar-refractivity contribution is -0.150. The number of carbonyl (C=O) groups excluding carboxylic acids is 2. The molecule has 3 aliphatic rings. The van der Waals surface area contributed by atoms with Crippen LogP contribution in [-0.4, -0.2) is 76.3 Å². The largest absolute Gasteiger partial charge is 0.477 e. The van der Waals surface area contributed by atoms with Crippen LogP contribution >= 0.6 is 58.5 Å². The van der Waals surface area contributed by atoms with Crippen LogP contribution in [0.3, 0.4) is 0 Å². The molecule has 0 aromatic heterocycles. The number of aliphatic imine (C=N–C) groups is 1. The van der Waals surface area contributed by atoms with Gasteiger partial charge < -0.3 is 21.9 Å². The van der Waals surface area contributed by atoms with E-state index in [0.717, 1.165) is 21.7 Å². The van der Waals surface area contributed by atoms with Gasteiger partial charge in [-0.2, -0.15) is 0 Å². The van der Waals surface area contributed by atoms with Crippen molar-refractivity contribution in [1.29, 1.82) is 0 Å². The number of carboxylic acids is 1. The first-order valence-electron chi connectivity index (χ1n) is 11.0. The van der Waals surface area contributed by atoms with E-state index in [0.29, 0.717) is 25.4 Å². The molecule has 3 aliphatic heterocycles. The summed E-state index contributed by atoms with van der Waals surface area (Å²) < 4.78 is 12.9. The molecule has 12 nitrogen and oxygen atoms in total. The molecule has 8 N–H and O–H groups in total. The molecule has 1 fully saturated rings. The molecule has 0 radical (unpaired) electrons. The fraction of sp³-hybridized carbons (Fsp3) is 0.333. The van der Waals surface area contributed by atoms with Gasteiger partial charge in [-0.3, -0.25) is 23.7 Å². The average molecular weight is 653 g/mol. The number of carbonyl (C=O) groups is 3. The van der Waals surface area contributed by atoms with Crippen molar-refractivity contribution in [3.05, 3.63) is 50.2 Å². The number of fused-ring (bicyclic) bond motifs is 1. The van der Waals surface area contributed by atoms with Crippen LogP contribution in [0, 0.1) is 0 Å². The van der Waals surface area contributed by atoms with Gasteiger partial charge in [-0.25, -0.2) is 15.6 Å². The molecule has 1 saturated heterocycles. The Kier molecular flexibility index (Phi) is 9.35. The van der Waals surface area contributed by atoms with Crippen LogP contribution in [0.15, 0.2) is 50.1 Å². The normalized spacial score (nSPS) is 23.7. The number of carboxylic acid groups (broad SMARTS) is 1. The molecule has 1 aromatic carbocycles. The van der Waals surface area contributed by atoms with Crippen molar-refractivity contribution in [3.8, 4) is 0 Å². The maximum Gasteiger partial charge on any atom is 0.353 e. The molecule has 0 spiro atoms. The van der Waals surface area contributed by atoms with Gasteiger partial charge in [0, 0.05) is 26.1 Å². The van der Waals surface area contributed by atoms with Crippen LogP contribution < -0.4 is 22.6 Å². The molecule has 1 aromatic rings. The molecule has 4 rings (SSSR count). The molecular formula is C21H23Cl2N7O5S4. The predicted molar refractivity (Wildman–Crippen MR) is 156 cm³/mol. The number of β-lactam (4-membered cyclic amide) rings is 1. The number of rotatable bonds is 9. The number of nitrogens with zero attached hydrogens (tertiary/aromatic N) is 3. The van der Waals surface area contributed by atoms with E-state index in [1.165, 1.54) is 23.5 Å². The Labute approximate surface area is 248 Å². The van der Waals surface area contributed by atoms with E-state index in [1.807, 2.05) is 0 Å². The second kappa shape index (κ2) is 12.2. The number of halogens is 2. The standard InChI is InChI=1S/C21H23Cl2N7O5S4/c1-8-16(24)28-21(30(26)17(8)25)39(35)7-38-12-5-37-19-14(18(32)29(19)15(12)20(33)34)27-13(31)6-36-11-4-9(22)2-3-10(11)23/h2-4,14,19,21H,5-7,25-26H2,1H3,(H2,24,28)(H,27,31)(H,33,34)/t14-,19-,21?,39?/m1/s1. The molecule has 0 aliphatic carbocycles. The average Bonchev–Trinajstić information content (AvgIpc) is 2.90. The number of hydrazine groups is 1. The summed E-state index contributed by atoms with van der Waals surface area (Å²) in [5, 5.41) is 13.9. The van der Waals surface area contributed by atoms with Crippen molar-refractivity contribution in [2.45, 2.75) is 28.7 Å². The van der Waals surface area contributed by atoms with Gasteiger partial charge in [0.1, 0.15) is 28.8 Å². The third kappa shape index (κ3) is 6.16. The second-order valence-electron chi connectivity index (χ2n) is 8.30. The van der Waals surface area contributed by atoms with Crippen molar-refractivity contribution < 1.29 is 23.7 Å². The summed E-state index contributed by atoms with van der Waals surface area (Å²) in [6, 6.07) is 4.02. The Morgan fingerprint density at radius 2 is 2.03 bits per heavy atom. The highest BCUT2D eigenvalue weighted by atomic mass is 35.5. The van der Waals surface area contributed by atoms with Gasteiger partial charge in [0.15, 0.2) is 0 Å². The molecular weight excluding hydrogens is 629 g/mol. The minimum Gasteiger partial charge on any atom is -0.477 e. The van der Waals surface area contributed by atoms with Crippen LogP contribution in [0.5, 0.6) is 0 Å².